The van der Waals surface area contributed by atoms with E-state index in [-0.39, 0.29) is 17.1 Å². The predicted octanol–water partition coefficient (Wildman–Crippen LogP) is 2.93. The van der Waals surface area contributed by atoms with Gasteiger partial charge in [-0.2, -0.15) is 0 Å². The fraction of sp³-hybridized carbons (Fsp3) is 0.929. The van der Waals surface area contributed by atoms with E-state index >= 15 is 0 Å². The van der Waals surface area contributed by atoms with Crippen molar-refractivity contribution in [3.63, 3.8) is 0 Å². The monoisotopic (exact) mass is 224 g/mol. The van der Waals surface area contributed by atoms with Crippen LogP contribution in [-0.2, 0) is 4.79 Å². The number of ketones is 1. The van der Waals surface area contributed by atoms with Crippen molar-refractivity contribution >= 4 is 5.78 Å². The molecule has 1 unspecified atom stereocenters. The van der Waals surface area contributed by atoms with Crippen molar-refractivity contribution in [3.05, 3.63) is 0 Å². The highest BCUT2D eigenvalue weighted by Crippen LogP contribution is 2.56. The van der Waals surface area contributed by atoms with Gasteiger partial charge in [0.15, 0.2) is 0 Å². The van der Waals surface area contributed by atoms with Gasteiger partial charge in [0.1, 0.15) is 5.78 Å². The molecule has 0 saturated heterocycles. The Kier molecular flexibility index (Phi) is 2.90. The summed E-state index contributed by atoms with van der Waals surface area (Å²) in [6, 6.07) is 0. The number of carbonyl (C=O) groups is 1. The van der Waals surface area contributed by atoms with Gasteiger partial charge < -0.3 is 5.11 Å². The van der Waals surface area contributed by atoms with Gasteiger partial charge in [0.25, 0.3) is 0 Å². The lowest BCUT2D eigenvalue weighted by Crippen LogP contribution is -2.57. The lowest BCUT2D eigenvalue weighted by atomic mass is 9.52. The fourth-order valence-electron chi connectivity index (χ4n) is 3.96. The maximum absolute atomic E-state index is 11.5. The molecule has 0 heterocycles. The van der Waals surface area contributed by atoms with Crippen LogP contribution in [0.25, 0.3) is 0 Å². The molecule has 2 rings (SSSR count). The smallest absolute Gasteiger partial charge is 0.133 e. The van der Waals surface area contributed by atoms with Gasteiger partial charge in [0.05, 0.1) is 5.60 Å². The summed E-state index contributed by atoms with van der Waals surface area (Å²) in [5.74, 6) is 0.695. The molecule has 0 aliphatic heterocycles. The Morgan fingerprint density at radius 2 is 2.00 bits per heavy atom. The van der Waals surface area contributed by atoms with E-state index in [0.717, 1.165) is 25.7 Å². The molecule has 0 radical (unpaired) electrons. The largest absolute Gasteiger partial charge is 0.389 e. The van der Waals surface area contributed by atoms with E-state index < -0.39 is 5.60 Å². The summed E-state index contributed by atoms with van der Waals surface area (Å²) in [5, 5.41) is 11.0. The average Bonchev–Trinajstić information content (AvgIpc) is 2.20. The van der Waals surface area contributed by atoms with E-state index in [2.05, 4.69) is 13.8 Å². The van der Waals surface area contributed by atoms with Gasteiger partial charge in [0.2, 0.25) is 0 Å². The van der Waals surface area contributed by atoms with Crippen LogP contribution in [-0.4, -0.2) is 16.5 Å². The van der Waals surface area contributed by atoms with Crippen molar-refractivity contribution in [1.82, 2.24) is 0 Å². The molecule has 4 atom stereocenters. The Hall–Kier alpha value is -0.370. The van der Waals surface area contributed by atoms with Gasteiger partial charge in [-0.05, 0) is 50.4 Å². The van der Waals surface area contributed by atoms with Gasteiger partial charge in [-0.25, -0.2) is 0 Å². The number of hydrogen-bond acceptors (Lipinski definition) is 2. The molecule has 2 saturated carbocycles. The maximum Gasteiger partial charge on any atom is 0.133 e. The van der Waals surface area contributed by atoms with E-state index in [4.69, 9.17) is 0 Å². The number of Topliss-reactive ketones (excluding diaryl/α,β-unsaturated/α-hetero) is 1. The van der Waals surface area contributed by atoms with Crippen LogP contribution >= 0.6 is 0 Å². The lowest BCUT2D eigenvalue weighted by molar-refractivity contribution is -0.179. The van der Waals surface area contributed by atoms with Crippen molar-refractivity contribution in [3.8, 4) is 0 Å². The third-order valence-corrected chi connectivity index (χ3v) is 5.40. The van der Waals surface area contributed by atoms with Crippen molar-refractivity contribution in [2.24, 2.45) is 17.3 Å². The molecule has 0 aromatic rings. The lowest BCUT2D eigenvalue weighted by Gasteiger charge is -2.56. The first-order chi connectivity index (χ1) is 7.39. The van der Waals surface area contributed by atoms with Gasteiger partial charge >= 0.3 is 0 Å². The van der Waals surface area contributed by atoms with Crippen LogP contribution in [0.4, 0.5) is 0 Å². The highest BCUT2D eigenvalue weighted by atomic mass is 16.3. The predicted molar refractivity (Wildman–Crippen MR) is 64.1 cm³/mol. The topological polar surface area (TPSA) is 37.3 Å². The third kappa shape index (κ3) is 1.62. The number of aliphatic hydroxyl groups is 1. The molecule has 1 N–H and O–H groups in total. The molecule has 0 spiro atoms. The van der Waals surface area contributed by atoms with E-state index in [1.165, 1.54) is 6.42 Å². The van der Waals surface area contributed by atoms with Crippen LogP contribution in [0.3, 0.4) is 0 Å². The Labute approximate surface area is 98.4 Å². The summed E-state index contributed by atoms with van der Waals surface area (Å²) in [4.78, 5) is 11.5. The normalized spacial score (nSPS) is 48.5. The Bertz CT molecular complexity index is 299. The van der Waals surface area contributed by atoms with E-state index in [1.807, 2.05) is 0 Å². The van der Waals surface area contributed by atoms with Crippen LogP contribution in [0.1, 0.15) is 59.3 Å². The first-order valence-electron chi connectivity index (χ1n) is 6.62. The standard InChI is InChI=1S/C14H24O2/c1-10-5-4-7-13(3)8-6-12(11(2)15)9-14(10,13)16/h10,12,16H,4-9H2,1-3H3/t10-,12?,13-,14+/m1/s1. The van der Waals surface area contributed by atoms with Gasteiger partial charge in [-0.1, -0.05) is 20.3 Å². The van der Waals surface area contributed by atoms with Crippen molar-refractivity contribution in [2.45, 2.75) is 64.9 Å². The Morgan fingerprint density at radius 3 is 2.62 bits per heavy atom. The summed E-state index contributed by atoms with van der Waals surface area (Å²) in [6.07, 6.45) is 6.14. The minimum absolute atomic E-state index is 0.0522. The third-order valence-electron chi connectivity index (χ3n) is 5.40. The second kappa shape index (κ2) is 3.83. The van der Waals surface area contributed by atoms with Crippen molar-refractivity contribution in [2.75, 3.05) is 0 Å². The minimum Gasteiger partial charge on any atom is -0.389 e. The highest BCUT2D eigenvalue weighted by molar-refractivity contribution is 5.78. The number of hydrogen-bond donors (Lipinski definition) is 1. The first kappa shape index (κ1) is 12.1. The zero-order chi connectivity index (χ0) is 12.0. The van der Waals surface area contributed by atoms with E-state index in [1.54, 1.807) is 6.92 Å². The van der Waals surface area contributed by atoms with Crippen LogP contribution in [0.2, 0.25) is 0 Å². The van der Waals surface area contributed by atoms with E-state index in [9.17, 15) is 9.90 Å². The summed E-state index contributed by atoms with van der Waals surface area (Å²) >= 11 is 0. The maximum atomic E-state index is 11.5. The zero-order valence-electron chi connectivity index (χ0n) is 10.8. The Morgan fingerprint density at radius 1 is 1.31 bits per heavy atom. The van der Waals surface area contributed by atoms with Crippen molar-refractivity contribution < 1.29 is 9.90 Å². The molecule has 0 aromatic heterocycles. The molecule has 92 valence electrons. The minimum atomic E-state index is -0.597. The summed E-state index contributed by atoms with van der Waals surface area (Å²) in [5.41, 5.74) is -0.545. The van der Waals surface area contributed by atoms with Gasteiger partial charge in [-0.3, -0.25) is 4.79 Å². The molecular formula is C14H24O2. The van der Waals surface area contributed by atoms with Crippen LogP contribution in [0.5, 0.6) is 0 Å². The molecule has 0 bridgehead atoms. The average molecular weight is 224 g/mol. The highest BCUT2D eigenvalue weighted by Gasteiger charge is 2.55. The number of fused-ring (bicyclic) bond motifs is 1. The van der Waals surface area contributed by atoms with Crippen molar-refractivity contribution in [1.29, 1.82) is 0 Å². The van der Waals surface area contributed by atoms with Gasteiger partial charge in [-0.15, -0.1) is 0 Å². The molecule has 2 aliphatic rings. The molecule has 2 fully saturated rings. The molecular weight excluding hydrogens is 200 g/mol. The SMILES string of the molecule is CC(=O)C1CC[C@@]2(C)CCC[C@@H](C)[C@@]2(O)C1. The van der Waals surface area contributed by atoms with Crippen LogP contribution < -0.4 is 0 Å². The fourth-order valence-corrected chi connectivity index (χ4v) is 3.96. The van der Waals surface area contributed by atoms with Crippen LogP contribution in [0, 0.1) is 17.3 Å². The summed E-state index contributed by atoms with van der Waals surface area (Å²) in [6.45, 7) is 6.04. The molecule has 2 heteroatoms. The second-order valence-electron chi connectivity index (χ2n) is 6.33. The zero-order valence-corrected chi connectivity index (χ0v) is 10.8. The van der Waals surface area contributed by atoms with Crippen LogP contribution in [0.15, 0.2) is 0 Å². The van der Waals surface area contributed by atoms with Gasteiger partial charge in [0, 0.05) is 5.92 Å². The number of rotatable bonds is 1. The van der Waals surface area contributed by atoms with E-state index in [0.29, 0.717) is 12.3 Å². The first-order valence-corrected chi connectivity index (χ1v) is 6.62. The summed E-state index contributed by atoms with van der Waals surface area (Å²) in [7, 11) is 0. The molecule has 16 heavy (non-hydrogen) atoms. The molecule has 2 aliphatic carbocycles. The molecule has 0 amide bonds. The quantitative estimate of drug-likeness (QED) is 0.743. The second-order valence-corrected chi connectivity index (χ2v) is 6.33. The Balaban J connectivity index is 2.26. The molecule has 0 aromatic carbocycles. The summed E-state index contributed by atoms with van der Waals surface area (Å²) < 4.78 is 0. The number of carbonyl (C=O) groups excluding carboxylic acids is 1. The molecule has 2 nitrogen and oxygen atoms in total.